The highest BCUT2D eigenvalue weighted by Crippen LogP contribution is 2.45. The molecular weight excluding hydrogens is 385 g/mol. The number of hydrogen-bond donors (Lipinski definition) is 1. The predicted molar refractivity (Wildman–Crippen MR) is 108 cm³/mol. The Hall–Kier alpha value is -4.01. The zero-order chi connectivity index (χ0) is 20.7. The summed E-state index contributed by atoms with van der Waals surface area (Å²) in [6, 6.07) is 3.14. The molecule has 0 bridgehead atoms. The number of rotatable bonds is 4. The molecule has 0 aliphatic heterocycles. The number of aromatic nitrogens is 6. The van der Waals surface area contributed by atoms with Crippen LogP contribution in [0.4, 0.5) is 10.1 Å². The number of benzene rings is 1. The molecule has 0 spiro atoms. The van der Waals surface area contributed by atoms with Crippen molar-refractivity contribution in [3.63, 3.8) is 0 Å². The van der Waals surface area contributed by atoms with Crippen molar-refractivity contribution in [2.24, 2.45) is 0 Å². The van der Waals surface area contributed by atoms with Crippen LogP contribution < -0.4 is 10.1 Å². The Morgan fingerprint density at radius 2 is 1.80 bits per heavy atom. The van der Waals surface area contributed by atoms with Crippen LogP contribution in [0.3, 0.4) is 0 Å². The minimum absolute atomic E-state index is 0.152. The Morgan fingerprint density at radius 3 is 2.53 bits per heavy atom. The first-order valence-electron chi connectivity index (χ1n) is 9.25. The second kappa shape index (κ2) is 7.11. The third-order valence-corrected chi connectivity index (χ3v) is 4.86. The average Bonchev–Trinajstić information content (AvgIpc) is 3.13. The number of aryl methyl sites for hydroxylation is 1. The molecule has 0 atom stereocenters. The Morgan fingerprint density at radius 1 is 1.03 bits per heavy atom. The standard InChI is InChI=1S/C21H16FN7O/c1-11-26-8-14(9-27-11)30-21-28-18-5-15-16(3-13(22)4-17(15)23-2)19(18)20(29-21)12-6-24-10-25-7-12/h3-4,6-10,23H,5H2,1-2H3. The second-order valence-corrected chi connectivity index (χ2v) is 6.78. The summed E-state index contributed by atoms with van der Waals surface area (Å²) in [7, 11) is 1.77. The van der Waals surface area contributed by atoms with E-state index in [0.29, 0.717) is 34.9 Å². The molecule has 9 heteroatoms. The van der Waals surface area contributed by atoms with Gasteiger partial charge in [-0.3, -0.25) is 0 Å². The van der Waals surface area contributed by atoms with Crippen molar-refractivity contribution in [3.8, 4) is 34.1 Å². The Kier molecular flexibility index (Phi) is 4.27. The molecule has 1 aliphatic rings. The highest BCUT2D eigenvalue weighted by Gasteiger charge is 2.29. The maximum absolute atomic E-state index is 14.3. The van der Waals surface area contributed by atoms with Gasteiger partial charge in [-0.15, -0.1) is 0 Å². The zero-order valence-corrected chi connectivity index (χ0v) is 16.2. The Bertz CT molecular complexity index is 1250. The van der Waals surface area contributed by atoms with Crippen LogP contribution >= 0.6 is 0 Å². The lowest BCUT2D eigenvalue weighted by molar-refractivity contribution is 0.436. The summed E-state index contributed by atoms with van der Waals surface area (Å²) < 4.78 is 20.1. The number of hydrogen-bond acceptors (Lipinski definition) is 8. The molecule has 0 fully saturated rings. The van der Waals surface area contributed by atoms with Crippen LogP contribution in [-0.2, 0) is 6.42 Å². The Labute approximate surface area is 171 Å². The van der Waals surface area contributed by atoms with E-state index in [2.05, 4.69) is 35.2 Å². The average molecular weight is 401 g/mol. The first kappa shape index (κ1) is 18.0. The molecule has 3 heterocycles. The van der Waals surface area contributed by atoms with E-state index < -0.39 is 0 Å². The summed E-state index contributed by atoms with van der Waals surface area (Å²) >= 11 is 0. The normalized spacial score (nSPS) is 11.7. The third-order valence-electron chi connectivity index (χ3n) is 4.86. The number of ether oxygens (including phenoxy) is 1. The summed E-state index contributed by atoms with van der Waals surface area (Å²) in [4.78, 5) is 25.7. The van der Waals surface area contributed by atoms with Crippen molar-refractivity contribution < 1.29 is 9.13 Å². The van der Waals surface area contributed by atoms with Crippen LogP contribution in [0.2, 0.25) is 0 Å². The van der Waals surface area contributed by atoms with E-state index in [1.165, 1.54) is 18.5 Å². The first-order valence-corrected chi connectivity index (χ1v) is 9.25. The van der Waals surface area contributed by atoms with E-state index in [4.69, 9.17) is 4.74 Å². The number of nitrogens with one attached hydrogen (secondary N) is 1. The lowest BCUT2D eigenvalue weighted by Gasteiger charge is -2.12. The minimum atomic E-state index is -0.335. The molecule has 5 rings (SSSR count). The van der Waals surface area contributed by atoms with Gasteiger partial charge in [0.1, 0.15) is 18.0 Å². The maximum atomic E-state index is 14.3. The van der Waals surface area contributed by atoms with Gasteiger partial charge >= 0.3 is 6.01 Å². The molecule has 1 aliphatic carbocycles. The summed E-state index contributed by atoms with van der Waals surface area (Å²) in [6.45, 7) is 1.79. The fourth-order valence-corrected chi connectivity index (χ4v) is 3.55. The molecule has 1 N–H and O–H groups in total. The van der Waals surface area contributed by atoms with E-state index in [-0.39, 0.29) is 11.8 Å². The lowest BCUT2D eigenvalue weighted by Crippen LogP contribution is -2.01. The molecule has 0 unspecified atom stereocenters. The van der Waals surface area contributed by atoms with Crippen molar-refractivity contribution in [1.29, 1.82) is 0 Å². The molecule has 148 valence electrons. The van der Waals surface area contributed by atoms with Crippen molar-refractivity contribution in [3.05, 3.63) is 66.1 Å². The molecule has 0 saturated heterocycles. The van der Waals surface area contributed by atoms with Crippen LogP contribution in [0.25, 0.3) is 22.4 Å². The van der Waals surface area contributed by atoms with Crippen molar-refractivity contribution in [2.45, 2.75) is 13.3 Å². The molecule has 0 amide bonds. The van der Waals surface area contributed by atoms with E-state index in [0.717, 1.165) is 22.4 Å². The van der Waals surface area contributed by atoms with Gasteiger partial charge < -0.3 is 10.1 Å². The fourth-order valence-electron chi connectivity index (χ4n) is 3.55. The van der Waals surface area contributed by atoms with Gasteiger partial charge in [-0.1, -0.05) is 0 Å². The maximum Gasteiger partial charge on any atom is 0.322 e. The molecule has 0 saturated carbocycles. The smallest absolute Gasteiger partial charge is 0.322 e. The molecule has 3 aromatic heterocycles. The number of anilines is 1. The van der Waals surface area contributed by atoms with Gasteiger partial charge in [-0.05, 0) is 30.2 Å². The van der Waals surface area contributed by atoms with E-state index >= 15 is 0 Å². The van der Waals surface area contributed by atoms with Gasteiger partial charge in [0.25, 0.3) is 0 Å². The molecular formula is C21H16FN7O. The van der Waals surface area contributed by atoms with Crippen LogP contribution in [0.15, 0.2) is 43.2 Å². The van der Waals surface area contributed by atoms with Crippen LogP contribution in [0, 0.1) is 12.7 Å². The van der Waals surface area contributed by atoms with Crippen LogP contribution in [0.5, 0.6) is 11.8 Å². The second-order valence-electron chi connectivity index (χ2n) is 6.78. The molecule has 4 aromatic rings. The topological polar surface area (TPSA) is 98.6 Å². The first-order chi connectivity index (χ1) is 14.6. The monoisotopic (exact) mass is 401 g/mol. The molecule has 0 radical (unpaired) electrons. The number of fused-ring (bicyclic) bond motifs is 3. The largest absolute Gasteiger partial charge is 0.421 e. The fraction of sp³-hybridized carbons (Fsp3) is 0.143. The Balaban J connectivity index is 1.69. The number of halogens is 1. The van der Waals surface area contributed by atoms with E-state index in [9.17, 15) is 4.39 Å². The van der Waals surface area contributed by atoms with Gasteiger partial charge in [0.05, 0.1) is 23.8 Å². The summed E-state index contributed by atoms with van der Waals surface area (Å²) in [5.41, 5.74) is 5.18. The molecule has 8 nitrogen and oxygen atoms in total. The van der Waals surface area contributed by atoms with Crippen molar-refractivity contribution in [1.82, 2.24) is 29.9 Å². The van der Waals surface area contributed by atoms with E-state index in [1.807, 2.05) is 0 Å². The SMILES string of the molecule is CNc1cc(F)cc2c1Cc1nc(Oc3cnc(C)nc3)nc(-c3cncnc3)c1-2. The highest BCUT2D eigenvalue weighted by atomic mass is 19.1. The summed E-state index contributed by atoms with van der Waals surface area (Å²) in [5.74, 6) is 0.725. The predicted octanol–water partition coefficient (Wildman–Crippen LogP) is 3.58. The van der Waals surface area contributed by atoms with Gasteiger partial charge in [0.15, 0.2) is 5.75 Å². The van der Waals surface area contributed by atoms with Gasteiger partial charge in [-0.25, -0.2) is 24.3 Å². The van der Waals surface area contributed by atoms with Gasteiger partial charge in [0.2, 0.25) is 0 Å². The van der Waals surface area contributed by atoms with Gasteiger partial charge in [0, 0.05) is 42.7 Å². The van der Waals surface area contributed by atoms with Gasteiger partial charge in [-0.2, -0.15) is 9.97 Å². The highest BCUT2D eigenvalue weighted by molar-refractivity contribution is 5.90. The van der Waals surface area contributed by atoms with E-state index in [1.54, 1.807) is 38.8 Å². The van der Waals surface area contributed by atoms with Crippen molar-refractivity contribution >= 4 is 5.69 Å². The van der Waals surface area contributed by atoms with Crippen LogP contribution in [-0.4, -0.2) is 37.0 Å². The summed E-state index contributed by atoms with van der Waals surface area (Å²) in [5, 5.41) is 3.06. The zero-order valence-electron chi connectivity index (χ0n) is 16.2. The molecule has 1 aromatic carbocycles. The quantitative estimate of drug-likeness (QED) is 0.488. The third kappa shape index (κ3) is 3.10. The minimum Gasteiger partial charge on any atom is -0.421 e. The van der Waals surface area contributed by atoms with Crippen LogP contribution in [0.1, 0.15) is 17.1 Å². The molecule has 30 heavy (non-hydrogen) atoms. The lowest BCUT2D eigenvalue weighted by atomic mass is 10.0. The van der Waals surface area contributed by atoms with Crippen molar-refractivity contribution in [2.75, 3.05) is 12.4 Å². The number of nitrogens with zero attached hydrogens (tertiary/aromatic N) is 6. The summed E-state index contributed by atoms with van der Waals surface area (Å²) in [6.07, 6.45) is 8.40.